The number of urea groups is 1. The molecule has 4 N–H and O–H groups in total. The highest BCUT2D eigenvalue weighted by Crippen LogP contribution is 2.08. The van der Waals surface area contributed by atoms with Gasteiger partial charge in [0.05, 0.1) is 6.54 Å². The maximum absolute atomic E-state index is 11.5. The zero-order chi connectivity index (χ0) is 14.8. The lowest BCUT2D eigenvalue weighted by atomic mass is 10.2. The number of rotatable bonds is 7. The zero-order valence-electron chi connectivity index (χ0n) is 11.7. The lowest BCUT2D eigenvalue weighted by Crippen LogP contribution is -2.42. The first kappa shape index (κ1) is 19.5. The van der Waals surface area contributed by atoms with E-state index in [1.807, 2.05) is 12.1 Å². The molecule has 21 heavy (non-hydrogen) atoms. The SMILES string of the molecule is CNCCNC(=O)CNC(=O)NCc1ccc(Cl)cc1.Cl. The van der Waals surface area contributed by atoms with Crippen molar-refractivity contribution in [2.24, 2.45) is 0 Å². The highest BCUT2D eigenvalue weighted by molar-refractivity contribution is 6.30. The fourth-order valence-corrected chi connectivity index (χ4v) is 1.52. The fourth-order valence-electron chi connectivity index (χ4n) is 1.40. The topological polar surface area (TPSA) is 82.3 Å². The van der Waals surface area contributed by atoms with E-state index in [-0.39, 0.29) is 30.9 Å². The Morgan fingerprint density at radius 2 is 1.71 bits per heavy atom. The largest absolute Gasteiger partial charge is 0.353 e. The number of nitrogens with one attached hydrogen (secondary N) is 4. The van der Waals surface area contributed by atoms with Crippen LogP contribution in [0.5, 0.6) is 0 Å². The standard InChI is InChI=1S/C13H19ClN4O2.ClH/c1-15-6-7-16-12(19)9-18-13(20)17-8-10-2-4-11(14)5-3-10;/h2-5,15H,6-9H2,1H3,(H,16,19)(H2,17,18,20);1H. The van der Waals surface area contributed by atoms with E-state index in [2.05, 4.69) is 21.3 Å². The van der Waals surface area contributed by atoms with Gasteiger partial charge >= 0.3 is 6.03 Å². The number of carbonyl (C=O) groups excluding carboxylic acids is 2. The molecular formula is C13H20Cl2N4O2. The summed E-state index contributed by atoms with van der Waals surface area (Å²) in [5, 5.41) is 11.4. The quantitative estimate of drug-likeness (QED) is 0.559. The first-order valence-electron chi connectivity index (χ1n) is 6.29. The molecule has 1 aromatic carbocycles. The van der Waals surface area contributed by atoms with Crippen molar-refractivity contribution < 1.29 is 9.59 Å². The predicted octanol–water partition coefficient (Wildman–Crippen LogP) is 0.897. The van der Waals surface area contributed by atoms with Crippen molar-refractivity contribution in [2.45, 2.75) is 6.54 Å². The molecule has 3 amide bonds. The van der Waals surface area contributed by atoms with Gasteiger partial charge in [-0.1, -0.05) is 23.7 Å². The molecule has 0 heterocycles. The third-order valence-corrected chi connectivity index (χ3v) is 2.72. The number of likely N-dealkylation sites (N-methyl/N-ethyl adjacent to an activating group) is 1. The number of hydrogen-bond donors (Lipinski definition) is 4. The molecule has 8 heteroatoms. The molecule has 1 aromatic rings. The van der Waals surface area contributed by atoms with Gasteiger partial charge in [-0.2, -0.15) is 0 Å². The Kier molecular flexibility index (Phi) is 10.4. The molecule has 0 aliphatic rings. The van der Waals surface area contributed by atoms with Gasteiger partial charge in [0.2, 0.25) is 5.91 Å². The average molecular weight is 335 g/mol. The molecule has 0 spiro atoms. The molecule has 0 saturated carbocycles. The van der Waals surface area contributed by atoms with E-state index in [4.69, 9.17) is 11.6 Å². The van der Waals surface area contributed by atoms with Gasteiger partial charge < -0.3 is 21.3 Å². The molecule has 6 nitrogen and oxygen atoms in total. The van der Waals surface area contributed by atoms with E-state index in [1.165, 1.54) is 0 Å². The summed E-state index contributed by atoms with van der Waals surface area (Å²) in [7, 11) is 1.80. The van der Waals surface area contributed by atoms with E-state index in [9.17, 15) is 9.59 Å². The van der Waals surface area contributed by atoms with Crippen LogP contribution in [0, 0.1) is 0 Å². The van der Waals surface area contributed by atoms with E-state index in [1.54, 1.807) is 19.2 Å². The molecule has 0 aliphatic carbocycles. The van der Waals surface area contributed by atoms with Crippen molar-refractivity contribution in [3.05, 3.63) is 34.9 Å². The second kappa shape index (κ2) is 11.2. The number of carbonyl (C=O) groups is 2. The van der Waals surface area contributed by atoms with Crippen LogP contribution in [-0.4, -0.2) is 38.6 Å². The van der Waals surface area contributed by atoms with Gasteiger partial charge in [0, 0.05) is 24.7 Å². The first-order valence-corrected chi connectivity index (χ1v) is 6.67. The molecule has 1 rings (SSSR count). The molecular weight excluding hydrogens is 315 g/mol. The summed E-state index contributed by atoms with van der Waals surface area (Å²) in [4.78, 5) is 22.8. The third-order valence-electron chi connectivity index (χ3n) is 2.47. The Balaban J connectivity index is 0.00000400. The number of hydrogen-bond acceptors (Lipinski definition) is 3. The Hall–Kier alpha value is -1.50. The van der Waals surface area contributed by atoms with Crippen LogP contribution in [-0.2, 0) is 11.3 Å². The van der Waals surface area contributed by atoms with Crippen LogP contribution in [0.4, 0.5) is 4.79 Å². The molecule has 0 fully saturated rings. The minimum Gasteiger partial charge on any atom is -0.353 e. The second-order valence-corrected chi connectivity index (χ2v) is 4.55. The number of amides is 3. The molecule has 0 radical (unpaired) electrons. The van der Waals surface area contributed by atoms with E-state index < -0.39 is 0 Å². The van der Waals surface area contributed by atoms with Crippen LogP contribution >= 0.6 is 24.0 Å². The van der Waals surface area contributed by atoms with Gasteiger partial charge in [0.15, 0.2) is 0 Å². The highest BCUT2D eigenvalue weighted by Gasteiger charge is 2.04. The van der Waals surface area contributed by atoms with Gasteiger partial charge in [0.1, 0.15) is 0 Å². The number of benzene rings is 1. The van der Waals surface area contributed by atoms with Gasteiger partial charge in [-0.05, 0) is 24.7 Å². The lowest BCUT2D eigenvalue weighted by Gasteiger charge is -2.08. The summed E-state index contributed by atoms with van der Waals surface area (Å²) < 4.78 is 0. The van der Waals surface area contributed by atoms with Crippen LogP contribution in [0.3, 0.4) is 0 Å². The number of halogens is 2. The van der Waals surface area contributed by atoms with Crippen molar-refractivity contribution in [1.29, 1.82) is 0 Å². The van der Waals surface area contributed by atoms with Gasteiger partial charge in [-0.25, -0.2) is 4.79 Å². The Labute approximate surface area is 135 Å². The van der Waals surface area contributed by atoms with Crippen molar-refractivity contribution in [2.75, 3.05) is 26.7 Å². The van der Waals surface area contributed by atoms with Gasteiger partial charge in [0.25, 0.3) is 0 Å². The Morgan fingerprint density at radius 1 is 1.05 bits per heavy atom. The van der Waals surface area contributed by atoms with Crippen LogP contribution < -0.4 is 21.3 Å². The maximum atomic E-state index is 11.5. The molecule has 0 saturated heterocycles. The first-order chi connectivity index (χ1) is 9.61. The zero-order valence-corrected chi connectivity index (χ0v) is 13.3. The summed E-state index contributed by atoms with van der Waals surface area (Å²) in [6.45, 7) is 1.55. The summed E-state index contributed by atoms with van der Waals surface area (Å²) in [6.07, 6.45) is 0. The molecule has 0 atom stereocenters. The summed E-state index contributed by atoms with van der Waals surface area (Å²) in [5.74, 6) is -0.220. The Bertz CT molecular complexity index is 440. The van der Waals surface area contributed by atoms with Crippen LogP contribution in [0.1, 0.15) is 5.56 Å². The summed E-state index contributed by atoms with van der Waals surface area (Å²) >= 11 is 5.76. The molecule has 118 valence electrons. The molecule has 0 aliphatic heterocycles. The van der Waals surface area contributed by atoms with E-state index in [0.29, 0.717) is 24.7 Å². The third kappa shape index (κ3) is 9.12. The normalized spacial score (nSPS) is 9.43. The summed E-state index contributed by atoms with van der Waals surface area (Å²) in [5.41, 5.74) is 0.933. The monoisotopic (exact) mass is 334 g/mol. The van der Waals surface area contributed by atoms with Crippen molar-refractivity contribution in [3.63, 3.8) is 0 Å². The summed E-state index contributed by atoms with van der Waals surface area (Å²) in [6, 6.07) is 6.78. The second-order valence-electron chi connectivity index (χ2n) is 4.12. The van der Waals surface area contributed by atoms with Gasteiger partial charge in [-0.3, -0.25) is 4.79 Å². The average Bonchev–Trinajstić information content (AvgIpc) is 2.45. The van der Waals surface area contributed by atoms with Gasteiger partial charge in [-0.15, -0.1) is 12.4 Å². The van der Waals surface area contributed by atoms with Crippen molar-refractivity contribution >= 4 is 35.9 Å². The predicted molar refractivity (Wildman–Crippen MR) is 85.9 cm³/mol. The van der Waals surface area contributed by atoms with E-state index in [0.717, 1.165) is 5.56 Å². The van der Waals surface area contributed by atoms with Crippen LogP contribution in [0.15, 0.2) is 24.3 Å². The van der Waals surface area contributed by atoms with Crippen LogP contribution in [0.25, 0.3) is 0 Å². The Morgan fingerprint density at radius 3 is 2.33 bits per heavy atom. The van der Waals surface area contributed by atoms with Crippen molar-refractivity contribution in [3.8, 4) is 0 Å². The molecule has 0 bridgehead atoms. The molecule has 0 unspecified atom stereocenters. The molecule has 0 aromatic heterocycles. The maximum Gasteiger partial charge on any atom is 0.315 e. The highest BCUT2D eigenvalue weighted by atomic mass is 35.5. The lowest BCUT2D eigenvalue weighted by molar-refractivity contribution is -0.120. The van der Waals surface area contributed by atoms with Crippen molar-refractivity contribution in [1.82, 2.24) is 21.3 Å². The minimum atomic E-state index is -0.385. The minimum absolute atomic E-state index is 0. The smallest absolute Gasteiger partial charge is 0.315 e. The van der Waals surface area contributed by atoms with E-state index >= 15 is 0 Å². The fraction of sp³-hybridized carbons (Fsp3) is 0.385. The van der Waals surface area contributed by atoms with Crippen LogP contribution in [0.2, 0.25) is 5.02 Å².